The minimum atomic E-state index is -0.409. The van der Waals surface area contributed by atoms with Gasteiger partial charge in [-0.1, -0.05) is 12.1 Å². The van der Waals surface area contributed by atoms with Crippen LogP contribution in [0.3, 0.4) is 0 Å². The smallest absolute Gasteiger partial charge is 0.485 e. The maximum absolute atomic E-state index is 11.8. The van der Waals surface area contributed by atoms with Gasteiger partial charge in [0.05, 0.1) is 11.2 Å². The van der Waals surface area contributed by atoms with Gasteiger partial charge in [-0.25, -0.2) is 4.98 Å². The monoisotopic (exact) mass is 328 g/mol. The second kappa shape index (κ2) is 6.07. The van der Waals surface area contributed by atoms with Crippen molar-refractivity contribution in [2.75, 3.05) is 6.61 Å². The van der Waals surface area contributed by atoms with Gasteiger partial charge in [0.15, 0.2) is 12.4 Å². The van der Waals surface area contributed by atoms with Crippen LogP contribution in [0, 0.1) is 0 Å². The van der Waals surface area contributed by atoms with Crippen LogP contribution in [0.5, 0.6) is 5.75 Å². The molecule has 2 aromatic rings. The molecule has 7 heteroatoms. The zero-order valence-electron chi connectivity index (χ0n) is 14.3. The van der Waals surface area contributed by atoms with Crippen molar-refractivity contribution >= 4 is 18.4 Å². The Hall–Kier alpha value is -2.12. The van der Waals surface area contributed by atoms with Crippen molar-refractivity contribution in [1.29, 1.82) is 0 Å². The molecule has 0 aliphatic carbocycles. The molecule has 0 unspecified atom stereocenters. The van der Waals surface area contributed by atoms with Crippen LogP contribution in [0.1, 0.15) is 38.3 Å². The van der Waals surface area contributed by atoms with Gasteiger partial charge in [0.2, 0.25) is 5.78 Å². The standard InChI is InChI=1S/C17H21BN2O4/c1-16(2)17(3,4)24-18(23-16)12-5-7-13(8-6-12)22-11-14(21)15-19-9-10-20-15/h5-10H,11H2,1-4H3,(H,19,20). The fourth-order valence-corrected chi connectivity index (χ4v) is 2.34. The van der Waals surface area contributed by atoms with Crippen molar-refractivity contribution < 1.29 is 18.8 Å². The van der Waals surface area contributed by atoms with Crippen LogP contribution in [0.15, 0.2) is 36.7 Å². The SMILES string of the molecule is CC1(C)OB(c2ccc(OCC(=O)c3ncc[nH]3)cc2)OC1(C)C. The lowest BCUT2D eigenvalue weighted by Crippen LogP contribution is -2.41. The van der Waals surface area contributed by atoms with E-state index in [1.165, 1.54) is 6.20 Å². The van der Waals surface area contributed by atoms with E-state index in [4.69, 9.17) is 14.0 Å². The first-order valence-corrected chi connectivity index (χ1v) is 7.89. The number of hydrogen-bond donors (Lipinski definition) is 1. The number of carbonyl (C=O) groups excluding carboxylic acids is 1. The molecule has 0 atom stereocenters. The first-order chi connectivity index (χ1) is 11.3. The number of aromatic nitrogens is 2. The molecule has 0 spiro atoms. The molecule has 0 bridgehead atoms. The van der Waals surface area contributed by atoms with E-state index in [9.17, 15) is 4.79 Å². The van der Waals surface area contributed by atoms with Gasteiger partial charge in [0.1, 0.15) is 5.75 Å². The van der Waals surface area contributed by atoms with Gasteiger partial charge >= 0.3 is 7.12 Å². The first-order valence-electron chi connectivity index (χ1n) is 7.89. The highest BCUT2D eigenvalue weighted by atomic mass is 16.7. The summed E-state index contributed by atoms with van der Waals surface area (Å²) in [6.45, 7) is 8.01. The number of aromatic amines is 1. The summed E-state index contributed by atoms with van der Waals surface area (Å²) in [7, 11) is -0.409. The highest BCUT2D eigenvalue weighted by molar-refractivity contribution is 6.62. The normalized spacial score (nSPS) is 18.6. The molecule has 1 fully saturated rings. The van der Waals surface area contributed by atoms with Crippen molar-refractivity contribution in [2.24, 2.45) is 0 Å². The molecule has 0 radical (unpaired) electrons. The van der Waals surface area contributed by atoms with Crippen LogP contribution in [-0.4, -0.2) is 40.7 Å². The number of benzene rings is 1. The summed E-state index contributed by atoms with van der Waals surface area (Å²) in [5.41, 5.74) is 0.170. The Kier molecular flexibility index (Phi) is 4.23. The van der Waals surface area contributed by atoms with E-state index >= 15 is 0 Å². The zero-order chi connectivity index (χ0) is 17.4. The highest BCUT2D eigenvalue weighted by Crippen LogP contribution is 2.36. The molecule has 3 rings (SSSR count). The van der Waals surface area contributed by atoms with E-state index in [2.05, 4.69) is 9.97 Å². The minimum absolute atomic E-state index is 0.0661. The van der Waals surface area contributed by atoms with E-state index in [0.717, 1.165) is 5.46 Å². The van der Waals surface area contributed by atoms with Gasteiger partial charge in [-0.3, -0.25) is 4.79 Å². The molecule has 1 aromatic carbocycles. The van der Waals surface area contributed by atoms with Crippen molar-refractivity contribution in [3.8, 4) is 5.75 Å². The summed E-state index contributed by atoms with van der Waals surface area (Å²) in [5.74, 6) is 0.703. The molecule has 126 valence electrons. The van der Waals surface area contributed by atoms with E-state index in [-0.39, 0.29) is 23.6 Å². The summed E-state index contributed by atoms with van der Waals surface area (Å²) in [6, 6.07) is 7.37. The largest absolute Gasteiger partial charge is 0.494 e. The van der Waals surface area contributed by atoms with E-state index in [0.29, 0.717) is 11.6 Å². The van der Waals surface area contributed by atoms with Gasteiger partial charge in [-0.2, -0.15) is 0 Å². The Morgan fingerprint density at radius 3 is 2.33 bits per heavy atom. The fourth-order valence-electron chi connectivity index (χ4n) is 2.34. The van der Waals surface area contributed by atoms with Crippen LogP contribution in [-0.2, 0) is 9.31 Å². The summed E-state index contributed by atoms with van der Waals surface area (Å²) < 4.78 is 17.5. The predicted molar refractivity (Wildman–Crippen MR) is 90.6 cm³/mol. The number of ketones is 1. The Morgan fingerprint density at radius 1 is 1.17 bits per heavy atom. The number of ether oxygens (including phenoxy) is 1. The highest BCUT2D eigenvalue weighted by Gasteiger charge is 2.51. The van der Waals surface area contributed by atoms with Crippen LogP contribution < -0.4 is 10.2 Å². The molecule has 1 saturated heterocycles. The number of hydrogen-bond acceptors (Lipinski definition) is 5. The second-order valence-corrected chi connectivity index (χ2v) is 6.81. The van der Waals surface area contributed by atoms with E-state index < -0.39 is 7.12 Å². The van der Waals surface area contributed by atoms with Gasteiger partial charge in [-0.05, 0) is 45.3 Å². The van der Waals surface area contributed by atoms with Crippen molar-refractivity contribution in [3.63, 3.8) is 0 Å². The van der Waals surface area contributed by atoms with E-state index in [1.54, 1.807) is 18.3 Å². The molecular formula is C17H21BN2O4. The quantitative estimate of drug-likeness (QED) is 0.671. The first kappa shape index (κ1) is 16.7. The number of nitrogens with zero attached hydrogens (tertiary/aromatic N) is 1. The molecule has 6 nitrogen and oxygen atoms in total. The lowest BCUT2D eigenvalue weighted by atomic mass is 9.79. The Bertz CT molecular complexity index is 695. The predicted octanol–water partition coefficient (Wildman–Crippen LogP) is 1.97. The fraction of sp³-hybridized carbons (Fsp3) is 0.412. The molecule has 1 aliphatic rings. The molecule has 0 amide bonds. The average Bonchev–Trinajstić information content (AvgIpc) is 3.12. The maximum atomic E-state index is 11.8. The Morgan fingerprint density at radius 2 is 1.79 bits per heavy atom. The number of Topliss-reactive ketones (excluding diaryl/α,β-unsaturated/α-hetero) is 1. The lowest BCUT2D eigenvalue weighted by Gasteiger charge is -2.32. The van der Waals surface area contributed by atoms with Crippen LogP contribution in [0.4, 0.5) is 0 Å². The molecule has 24 heavy (non-hydrogen) atoms. The number of nitrogens with one attached hydrogen (secondary N) is 1. The summed E-state index contributed by atoms with van der Waals surface area (Å²) in [5, 5.41) is 0. The van der Waals surface area contributed by atoms with Crippen molar-refractivity contribution in [2.45, 2.75) is 38.9 Å². The third-order valence-electron chi connectivity index (χ3n) is 4.54. The maximum Gasteiger partial charge on any atom is 0.494 e. The Labute approximate surface area is 141 Å². The van der Waals surface area contributed by atoms with Gasteiger partial charge in [0.25, 0.3) is 0 Å². The Balaban J connectivity index is 1.61. The zero-order valence-corrected chi connectivity index (χ0v) is 14.3. The number of H-pyrrole nitrogens is 1. The molecular weight excluding hydrogens is 307 g/mol. The molecule has 1 N–H and O–H groups in total. The molecule has 1 aromatic heterocycles. The lowest BCUT2D eigenvalue weighted by molar-refractivity contribution is 0.00578. The second-order valence-electron chi connectivity index (χ2n) is 6.81. The topological polar surface area (TPSA) is 73.4 Å². The number of carbonyl (C=O) groups is 1. The molecule has 2 heterocycles. The third-order valence-corrected chi connectivity index (χ3v) is 4.54. The third kappa shape index (κ3) is 3.23. The average molecular weight is 328 g/mol. The number of rotatable bonds is 5. The van der Waals surface area contributed by atoms with Crippen LogP contribution in [0.2, 0.25) is 0 Å². The minimum Gasteiger partial charge on any atom is -0.485 e. The van der Waals surface area contributed by atoms with Gasteiger partial charge < -0.3 is 19.0 Å². The molecule has 0 saturated carbocycles. The van der Waals surface area contributed by atoms with Crippen LogP contribution in [0.25, 0.3) is 0 Å². The van der Waals surface area contributed by atoms with Crippen molar-refractivity contribution in [3.05, 3.63) is 42.5 Å². The summed E-state index contributed by atoms with van der Waals surface area (Å²) in [6.07, 6.45) is 3.14. The van der Waals surface area contributed by atoms with Crippen LogP contribution >= 0.6 is 0 Å². The van der Waals surface area contributed by atoms with Crippen molar-refractivity contribution in [1.82, 2.24) is 9.97 Å². The van der Waals surface area contributed by atoms with E-state index in [1.807, 2.05) is 39.8 Å². The van der Waals surface area contributed by atoms with Gasteiger partial charge in [-0.15, -0.1) is 0 Å². The number of imidazole rings is 1. The summed E-state index contributed by atoms with van der Waals surface area (Å²) in [4.78, 5) is 18.5. The molecule has 1 aliphatic heterocycles. The van der Waals surface area contributed by atoms with Gasteiger partial charge in [0, 0.05) is 12.4 Å². The summed E-state index contributed by atoms with van der Waals surface area (Å²) >= 11 is 0.